The zero-order valence-electron chi connectivity index (χ0n) is 15.4. The van der Waals surface area contributed by atoms with E-state index in [1.165, 1.54) is 4.70 Å². The van der Waals surface area contributed by atoms with Gasteiger partial charge in [0.1, 0.15) is 16.1 Å². The van der Waals surface area contributed by atoms with Crippen molar-refractivity contribution in [1.82, 2.24) is 0 Å². The summed E-state index contributed by atoms with van der Waals surface area (Å²) < 4.78 is 18.7. The van der Waals surface area contributed by atoms with Crippen molar-refractivity contribution in [2.45, 2.75) is 39.4 Å². The lowest BCUT2D eigenvalue weighted by atomic mass is 10.1. The molecule has 0 fully saturated rings. The highest BCUT2D eigenvalue weighted by molar-refractivity contribution is 7.91. The van der Waals surface area contributed by atoms with E-state index in [-0.39, 0.29) is 0 Å². The number of thiophene rings is 1. The lowest BCUT2D eigenvalue weighted by Crippen LogP contribution is -2.26. The van der Waals surface area contributed by atoms with Gasteiger partial charge >= 0.3 is 0 Å². The van der Waals surface area contributed by atoms with E-state index in [2.05, 4.69) is 34.4 Å². The highest BCUT2D eigenvalue weighted by Crippen LogP contribution is 2.37. The average Bonchev–Trinajstić information content (AvgIpc) is 2.90. The van der Waals surface area contributed by atoms with Crippen molar-refractivity contribution in [3.05, 3.63) is 46.5 Å². The SMILES string of the molecule is CC#Cc1ccc2sc3cc(Cl)c(C(C)=N[S+]([O-])C(C)(C)C)cc3c2c1. The Morgan fingerprint density at radius 2 is 1.85 bits per heavy atom. The first-order chi connectivity index (χ1) is 12.2. The fourth-order valence-electron chi connectivity index (χ4n) is 2.61. The Balaban J connectivity index is 2.19. The summed E-state index contributed by atoms with van der Waals surface area (Å²) in [5.41, 5.74) is 2.51. The predicted octanol–water partition coefficient (Wildman–Crippen LogP) is 6.35. The summed E-state index contributed by atoms with van der Waals surface area (Å²) in [6.45, 7) is 9.43. The van der Waals surface area contributed by atoms with Crippen molar-refractivity contribution in [2.75, 3.05) is 0 Å². The van der Waals surface area contributed by atoms with Gasteiger partial charge in [0.15, 0.2) is 0 Å². The van der Waals surface area contributed by atoms with Gasteiger partial charge in [-0.2, -0.15) is 0 Å². The maximum absolute atomic E-state index is 12.4. The molecule has 3 aromatic rings. The van der Waals surface area contributed by atoms with E-state index in [9.17, 15) is 4.55 Å². The van der Waals surface area contributed by atoms with Crippen molar-refractivity contribution < 1.29 is 4.55 Å². The Morgan fingerprint density at radius 1 is 1.15 bits per heavy atom. The summed E-state index contributed by atoms with van der Waals surface area (Å²) in [4.78, 5) is 0. The Bertz CT molecular complexity index is 1080. The van der Waals surface area contributed by atoms with Gasteiger partial charge in [0, 0.05) is 31.3 Å². The number of hydrogen-bond donors (Lipinski definition) is 0. The molecule has 1 atom stereocenters. The molecule has 0 aliphatic rings. The molecule has 1 aromatic heterocycles. The van der Waals surface area contributed by atoms with E-state index >= 15 is 0 Å². The molecular formula is C21H20ClNOS2. The fraction of sp³-hybridized carbons (Fsp3) is 0.286. The molecule has 0 saturated heterocycles. The van der Waals surface area contributed by atoms with Gasteiger partial charge in [-0.3, -0.25) is 0 Å². The van der Waals surface area contributed by atoms with Crippen LogP contribution >= 0.6 is 22.9 Å². The summed E-state index contributed by atoms with van der Waals surface area (Å²) in [6.07, 6.45) is 0. The van der Waals surface area contributed by atoms with Crippen molar-refractivity contribution in [3.63, 3.8) is 0 Å². The van der Waals surface area contributed by atoms with Gasteiger partial charge in [-0.25, -0.2) is 0 Å². The van der Waals surface area contributed by atoms with E-state index in [1.54, 1.807) is 11.3 Å². The third-order valence-corrected chi connectivity index (χ3v) is 6.90. The molecule has 3 rings (SSSR count). The molecule has 26 heavy (non-hydrogen) atoms. The van der Waals surface area contributed by atoms with E-state index in [1.807, 2.05) is 46.8 Å². The van der Waals surface area contributed by atoms with Crippen LogP contribution in [0.1, 0.15) is 45.7 Å². The number of rotatable bonds is 2. The fourth-order valence-corrected chi connectivity index (χ4v) is 4.70. The number of benzene rings is 2. The molecule has 1 heterocycles. The van der Waals surface area contributed by atoms with Gasteiger partial charge in [-0.05, 0) is 65.0 Å². The van der Waals surface area contributed by atoms with Crippen molar-refractivity contribution in [3.8, 4) is 11.8 Å². The minimum atomic E-state index is -1.32. The average molecular weight is 402 g/mol. The minimum Gasteiger partial charge on any atom is -0.591 e. The minimum absolute atomic E-state index is 0.402. The van der Waals surface area contributed by atoms with Crippen LogP contribution in [0.15, 0.2) is 34.7 Å². The first kappa shape index (κ1) is 19.3. The molecular weight excluding hydrogens is 382 g/mol. The summed E-state index contributed by atoms with van der Waals surface area (Å²) in [6, 6.07) is 10.3. The second-order valence-corrected chi connectivity index (χ2v) is 10.5. The first-order valence-corrected chi connectivity index (χ1v) is 10.6. The molecule has 0 aliphatic carbocycles. The van der Waals surface area contributed by atoms with Crippen molar-refractivity contribution in [1.29, 1.82) is 0 Å². The van der Waals surface area contributed by atoms with Gasteiger partial charge in [-0.1, -0.05) is 21.9 Å². The van der Waals surface area contributed by atoms with Crippen LogP contribution in [0.2, 0.25) is 5.02 Å². The van der Waals surface area contributed by atoms with Crippen molar-refractivity contribution in [2.24, 2.45) is 4.40 Å². The zero-order valence-corrected chi connectivity index (χ0v) is 17.8. The van der Waals surface area contributed by atoms with Crippen molar-refractivity contribution >= 4 is 60.2 Å². The van der Waals surface area contributed by atoms with Gasteiger partial charge < -0.3 is 4.55 Å². The quantitative estimate of drug-likeness (QED) is 0.280. The number of halogens is 1. The largest absolute Gasteiger partial charge is 0.591 e. The molecule has 0 amide bonds. The van der Waals surface area contributed by atoms with Crippen LogP contribution in [0.25, 0.3) is 20.2 Å². The molecule has 2 aromatic carbocycles. The van der Waals surface area contributed by atoms with Crippen LogP contribution in [0, 0.1) is 11.8 Å². The summed E-state index contributed by atoms with van der Waals surface area (Å²) >= 11 is 6.90. The number of hydrogen-bond acceptors (Lipinski definition) is 3. The molecule has 0 saturated carbocycles. The normalized spacial score (nSPS) is 13.7. The van der Waals surface area contributed by atoms with Gasteiger partial charge in [0.25, 0.3) is 0 Å². The third kappa shape index (κ3) is 3.77. The van der Waals surface area contributed by atoms with Gasteiger partial charge in [-0.15, -0.1) is 17.3 Å². The standard InChI is InChI=1S/C21H20ClNOS2/c1-6-7-14-8-9-19-16(10-14)17-11-15(18(22)12-20(17)25-19)13(2)23-26(24)21(3,4)5/h8-12H,1-5H3. The topological polar surface area (TPSA) is 35.4 Å². The Labute approximate surface area is 166 Å². The summed E-state index contributed by atoms with van der Waals surface area (Å²) in [5.74, 6) is 6.05. The predicted molar refractivity (Wildman–Crippen MR) is 117 cm³/mol. The first-order valence-electron chi connectivity index (χ1n) is 8.27. The molecule has 0 radical (unpaired) electrons. The molecule has 1 unspecified atom stereocenters. The number of nitrogens with zero attached hydrogens (tertiary/aromatic N) is 1. The van der Waals surface area contributed by atoms with E-state index in [0.717, 1.165) is 26.6 Å². The van der Waals surface area contributed by atoms with Crippen LogP contribution < -0.4 is 0 Å². The highest BCUT2D eigenvalue weighted by atomic mass is 35.5. The van der Waals surface area contributed by atoms with Crippen LogP contribution in [-0.2, 0) is 11.4 Å². The molecule has 0 aliphatic heterocycles. The molecule has 0 bridgehead atoms. The van der Waals surface area contributed by atoms with Crippen LogP contribution in [0.4, 0.5) is 0 Å². The molecule has 134 valence electrons. The maximum Gasteiger partial charge on any atom is 0.144 e. The monoisotopic (exact) mass is 401 g/mol. The lowest BCUT2D eigenvalue weighted by Gasteiger charge is -2.19. The Kier molecular flexibility index (Phi) is 5.37. The second-order valence-electron chi connectivity index (χ2n) is 7.05. The van der Waals surface area contributed by atoms with Crippen LogP contribution in [-0.4, -0.2) is 15.0 Å². The third-order valence-electron chi connectivity index (χ3n) is 3.96. The molecule has 0 N–H and O–H groups in total. The summed E-state index contributed by atoms with van der Waals surface area (Å²) in [5, 5.41) is 2.91. The van der Waals surface area contributed by atoms with Crippen LogP contribution in [0.5, 0.6) is 0 Å². The second kappa shape index (κ2) is 7.25. The summed E-state index contributed by atoms with van der Waals surface area (Å²) in [7, 11) is 0. The Hall–Kier alpha value is -1.51. The zero-order chi connectivity index (χ0) is 19.1. The van der Waals surface area contributed by atoms with E-state index < -0.39 is 16.1 Å². The van der Waals surface area contributed by atoms with Gasteiger partial charge in [0.05, 0.1) is 10.7 Å². The Morgan fingerprint density at radius 3 is 2.50 bits per heavy atom. The van der Waals surface area contributed by atoms with Gasteiger partial charge in [0.2, 0.25) is 0 Å². The van der Waals surface area contributed by atoms with Crippen LogP contribution in [0.3, 0.4) is 0 Å². The lowest BCUT2D eigenvalue weighted by molar-refractivity contribution is 0.561. The highest BCUT2D eigenvalue weighted by Gasteiger charge is 2.27. The molecule has 0 spiro atoms. The smallest absolute Gasteiger partial charge is 0.144 e. The molecule has 2 nitrogen and oxygen atoms in total. The number of fused-ring (bicyclic) bond motifs is 3. The van der Waals surface area contributed by atoms with E-state index in [4.69, 9.17) is 11.6 Å². The molecule has 5 heteroatoms. The van der Waals surface area contributed by atoms with E-state index in [0.29, 0.717) is 10.7 Å². The maximum atomic E-state index is 12.4.